The Morgan fingerprint density at radius 2 is 1.38 bits per heavy atom. The lowest BCUT2D eigenvalue weighted by Crippen LogP contribution is -2.37. The quantitative estimate of drug-likeness (QED) is 0.178. The Bertz CT molecular complexity index is 371. The van der Waals surface area contributed by atoms with Crippen LogP contribution in [0.1, 0.15) is 90.9 Å². The van der Waals surface area contributed by atoms with Gasteiger partial charge in [0, 0.05) is 0 Å². The molecule has 2 unspecified atom stereocenters. The highest BCUT2D eigenvalue weighted by Crippen LogP contribution is 2.45. The number of nitrogens with zero attached hydrogens (tertiary/aromatic N) is 1. The van der Waals surface area contributed by atoms with Gasteiger partial charge in [-0.15, -0.1) is 0 Å². The summed E-state index contributed by atoms with van der Waals surface area (Å²) in [5.74, 6) is 0. The summed E-state index contributed by atoms with van der Waals surface area (Å²) in [6, 6.07) is 0. The van der Waals surface area contributed by atoms with E-state index in [1.54, 1.807) is 0 Å². The lowest BCUT2D eigenvalue weighted by atomic mass is 10.0. The van der Waals surface area contributed by atoms with Crippen molar-refractivity contribution in [2.24, 2.45) is 0 Å². The number of quaternary nitrogens is 1. The third-order valence-electron chi connectivity index (χ3n) is 4.54. The van der Waals surface area contributed by atoms with Gasteiger partial charge in [0.05, 0.1) is 27.2 Å². The third kappa shape index (κ3) is 17.5. The van der Waals surface area contributed by atoms with E-state index in [4.69, 9.17) is 9.05 Å². The largest absolute Gasteiger partial charge is 0.472 e. The number of hydrogen-bond donors (Lipinski definition) is 1. The molecule has 0 bridgehead atoms. The van der Waals surface area contributed by atoms with E-state index in [9.17, 15) is 9.46 Å². The van der Waals surface area contributed by atoms with Crippen molar-refractivity contribution in [1.82, 2.24) is 0 Å². The van der Waals surface area contributed by atoms with Crippen LogP contribution >= 0.6 is 7.82 Å². The second-order valence-electron chi connectivity index (χ2n) is 8.45. The van der Waals surface area contributed by atoms with Crippen molar-refractivity contribution in [2.75, 3.05) is 34.3 Å². The lowest BCUT2D eigenvalue weighted by molar-refractivity contribution is -0.870. The Morgan fingerprint density at radius 3 is 1.88 bits per heavy atom. The molecule has 0 aromatic heterocycles. The molecule has 1 N–H and O–H groups in total. The fourth-order valence-corrected chi connectivity index (χ4v) is 3.86. The Labute approximate surface area is 162 Å². The average molecular weight is 395 g/mol. The number of phosphoric ester groups is 1. The van der Waals surface area contributed by atoms with Gasteiger partial charge < -0.3 is 9.38 Å². The standard InChI is InChI=1S/C20H44NO4P/c1-6-8-9-10-11-12-13-14-15-17-20(16-7-2)25-26(22,23)24-19-18-21(3,4)5/h20H,6-19H2,1-5H3/p+1. The summed E-state index contributed by atoms with van der Waals surface area (Å²) in [5.41, 5.74) is 0. The SMILES string of the molecule is CCCCCCCCCCCC(CCC)OP(=O)(O)OCC[N+](C)(C)C. The van der Waals surface area contributed by atoms with E-state index in [0.29, 0.717) is 11.0 Å². The minimum Gasteiger partial charge on any atom is -0.329 e. The Balaban J connectivity index is 3.95. The van der Waals surface area contributed by atoms with Crippen molar-refractivity contribution >= 4 is 7.82 Å². The van der Waals surface area contributed by atoms with E-state index in [1.165, 1.54) is 51.4 Å². The third-order valence-corrected chi connectivity index (χ3v) is 5.61. The molecule has 0 heterocycles. The first-order chi connectivity index (χ1) is 12.2. The number of phosphoric acid groups is 1. The van der Waals surface area contributed by atoms with Gasteiger partial charge in [-0.2, -0.15) is 0 Å². The zero-order valence-electron chi connectivity index (χ0n) is 18.0. The van der Waals surface area contributed by atoms with Gasteiger partial charge in [-0.05, 0) is 12.8 Å². The molecule has 0 aliphatic rings. The maximum absolute atomic E-state index is 12.1. The van der Waals surface area contributed by atoms with Crippen molar-refractivity contribution in [3.63, 3.8) is 0 Å². The van der Waals surface area contributed by atoms with E-state index in [2.05, 4.69) is 13.8 Å². The molecule has 0 fully saturated rings. The zero-order valence-corrected chi connectivity index (χ0v) is 18.9. The molecule has 0 aromatic carbocycles. The molecule has 0 spiro atoms. The van der Waals surface area contributed by atoms with Crippen LogP contribution < -0.4 is 0 Å². The second kappa shape index (κ2) is 15.0. The van der Waals surface area contributed by atoms with Gasteiger partial charge in [-0.1, -0.05) is 78.1 Å². The second-order valence-corrected chi connectivity index (χ2v) is 9.86. The molecule has 0 saturated carbocycles. The fourth-order valence-electron chi connectivity index (χ4n) is 2.90. The highest BCUT2D eigenvalue weighted by atomic mass is 31.2. The minimum absolute atomic E-state index is 0.176. The van der Waals surface area contributed by atoms with Gasteiger partial charge in [0.2, 0.25) is 0 Å². The number of likely N-dealkylation sites (N-methyl/N-ethyl adjacent to an activating group) is 1. The summed E-state index contributed by atoms with van der Waals surface area (Å²) >= 11 is 0. The van der Waals surface area contributed by atoms with Gasteiger partial charge in [-0.3, -0.25) is 9.05 Å². The lowest BCUT2D eigenvalue weighted by Gasteiger charge is -2.25. The highest BCUT2D eigenvalue weighted by Gasteiger charge is 2.26. The van der Waals surface area contributed by atoms with Crippen molar-refractivity contribution in [3.8, 4) is 0 Å². The number of hydrogen-bond acceptors (Lipinski definition) is 3. The molecule has 0 aromatic rings. The molecule has 2 atom stereocenters. The Kier molecular flexibility index (Phi) is 15.1. The van der Waals surface area contributed by atoms with Crippen LogP contribution in [-0.4, -0.2) is 49.8 Å². The molecule has 0 aliphatic heterocycles. The summed E-state index contributed by atoms with van der Waals surface area (Å²) in [6.07, 6.45) is 13.9. The van der Waals surface area contributed by atoms with E-state index >= 15 is 0 Å². The van der Waals surface area contributed by atoms with Crippen molar-refractivity contribution in [3.05, 3.63) is 0 Å². The summed E-state index contributed by atoms with van der Waals surface area (Å²) in [7, 11) is 2.12. The van der Waals surface area contributed by atoms with Gasteiger partial charge in [0.25, 0.3) is 0 Å². The smallest absolute Gasteiger partial charge is 0.329 e. The van der Waals surface area contributed by atoms with Gasteiger partial charge in [-0.25, -0.2) is 4.57 Å². The van der Waals surface area contributed by atoms with Crippen LogP contribution in [0.5, 0.6) is 0 Å². The molecular formula is C20H45NO4P+. The molecule has 158 valence electrons. The van der Waals surface area contributed by atoms with E-state index in [-0.39, 0.29) is 12.7 Å². The molecular weight excluding hydrogens is 349 g/mol. The maximum atomic E-state index is 12.1. The van der Waals surface area contributed by atoms with Crippen molar-refractivity contribution < 1.29 is 23.0 Å². The van der Waals surface area contributed by atoms with Crippen LogP contribution in [0.15, 0.2) is 0 Å². The molecule has 0 rings (SSSR count). The molecule has 5 nitrogen and oxygen atoms in total. The molecule has 6 heteroatoms. The van der Waals surface area contributed by atoms with Crippen LogP contribution in [0.25, 0.3) is 0 Å². The van der Waals surface area contributed by atoms with E-state index < -0.39 is 7.82 Å². The van der Waals surface area contributed by atoms with Crippen LogP contribution in [0, 0.1) is 0 Å². The molecule has 0 amide bonds. The van der Waals surface area contributed by atoms with Crippen LogP contribution in [0.4, 0.5) is 0 Å². The van der Waals surface area contributed by atoms with E-state index in [1.807, 2.05) is 21.1 Å². The Hall–Kier alpha value is 0.0700. The minimum atomic E-state index is -3.95. The number of rotatable bonds is 18. The monoisotopic (exact) mass is 394 g/mol. The van der Waals surface area contributed by atoms with Gasteiger partial charge in [0.1, 0.15) is 13.2 Å². The molecule has 0 radical (unpaired) electrons. The summed E-state index contributed by atoms with van der Waals surface area (Å²) in [6.45, 7) is 5.22. The fraction of sp³-hybridized carbons (Fsp3) is 1.00. The molecule has 0 saturated heterocycles. The predicted octanol–water partition coefficient (Wildman–Crippen LogP) is 5.92. The van der Waals surface area contributed by atoms with Gasteiger partial charge >= 0.3 is 7.82 Å². The van der Waals surface area contributed by atoms with Gasteiger partial charge in [0.15, 0.2) is 0 Å². The maximum Gasteiger partial charge on any atom is 0.472 e. The topological polar surface area (TPSA) is 55.8 Å². The first-order valence-electron chi connectivity index (χ1n) is 10.7. The van der Waals surface area contributed by atoms with Crippen LogP contribution in [0.3, 0.4) is 0 Å². The predicted molar refractivity (Wildman–Crippen MR) is 110 cm³/mol. The normalized spacial score (nSPS) is 15.8. The first kappa shape index (κ1) is 26.1. The number of unbranched alkanes of at least 4 members (excludes halogenated alkanes) is 8. The Morgan fingerprint density at radius 1 is 0.846 bits per heavy atom. The summed E-state index contributed by atoms with van der Waals surface area (Å²) in [4.78, 5) is 9.96. The average Bonchev–Trinajstić information content (AvgIpc) is 2.51. The first-order valence-corrected chi connectivity index (χ1v) is 12.2. The summed E-state index contributed by atoms with van der Waals surface area (Å²) < 4.78 is 23.4. The molecule has 26 heavy (non-hydrogen) atoms. The van der Waals surface area contributed by atoms with Crippen molar-refractivity contribution in [2.45, 2.75) is 97.0 Å². The van der Waals surface area contributed by atoms with Crippen LogP contribution in [0.2, 0.25) is 0 Å². The van der Waals surface area contributed by atoms with Crippen LogP contribution in [-0.2, 0) is 13.6 Å². The van der Waals surface area contributed by atoms with E-state index in [0.717, 1.165) is 25.7 Å². The zero-order chi connectivity index (χ0) is 19.9. The molecule has 0 aliphatic carbocycles. The summed E-state index contributed by atoms with van der Waals surface area (Å²) in [5, 5.41) is 0. The highest BCUT2D eigenvalue weighted by molar-refractivity contribution is 7.47. The van der Waals surface area contributed by atoms with Crippen molar-refractivity contribution in [1.29, 1.82) is 0 Å².